The Labute approximate surface area is 233 Å². The van der Waals surface area contributed by atoms with Crippen LogP contribution in [-0.4, -0.2) is 61.1 Å². The molecule has 11 heteroatoms. The van der Waals surface area contributed by atoms with Crippen molar-refractivity contribution < 1.29 is 27.9 Å². The summed E-state index contributed by atoms with van der Waals surface area (Å²) in [6.07, 6.45) is 5.18. The van der Waals surface area contributed by atoms with E-state index in [0.717, 1.165) is 63.5 Å². The summed E-state index contributed by atoms with van der Waals surface area (Å²) in [4.78, 5) is 25.0. The van der Waals surface area contributed by atoms with E-state index in [2.05, 4.69) is 20.7 Å². The van der Waals surface area contributed by atoms with Gasteiger partial charge in [-0.1, -0.05) is 25.3 Å². The third-order valence-electron chi connectivity index (χ3n) is 8.84. The number of nitrogens with zero attached hydrogens (tertiary/aromatic N) is 2. The van der Waals surface area contributed by atoms with Crippen LogP contribution < -0.4 is 14.8 Å². The molecule has 1 aromatic heterocycles. The minimum absolute atomic E-state index is 0.0143. The number of rotatable bonds is 6. The molecule has 0 bridgehead atoms. The van der Waals surface area contributed by atoms with Crippen LogP contribution in [0.4, 0.5) is 4.79 Å². The number of carboxylic acid groups (broad SMARTS) is 1. The molecule has 2 heterocycles. The van der Waals surface area contributed by atoms with E-state index < -0.39 is 27.7 Å². The van der Waals surface area contributed by atoms with Gasteiger partial charge in [-0.3, -0.25) is 4.79 Å². The third kappa shape index (κ3) is 4.32. The Morgan fingerprint density at radius 1 is 1.10 bits per heavy atom. The summed E-state index contributed by atoms with van der Waals surface area (Å²) in [5.41, 5.74) is 4.71. The Kier molecular flexibility index (Phi) is 6.34. The Hall–Kier alpha value is -3.57. The maximum absolute atomic E-state index is 13.1. The molecule has 6 rings (SSSR count). The van der Waals surface area contributed by atoms with Gasteiger partial charge >= 0.3 is 16.3 Å². The van der Waals surface area contributed by atoms with Crippen molar-refractivity contribution in [2.75, 3.05) is 21.2 Å². The molecule has 0 unspecified atom stereocenters. The van der Waals surface area contributed by atoms with Gasteiger partial charge in [0, 0.05) is 48.6 Å². The highest BCUT2D eigenvalue weighted by atomic mass is 32.2. The number of hydrogen-bond donors (Lipinski definition) is 3. The van der Waals surface area contributed by atoms with Crippen LogP contribution in [-0.2, 0) is 16.8 Å². The molecule has 3 N–H and O–H groups in total. The summed E-state index contributed by atoms with van der Waals surface area (Å²) in [6.45, 7) is 0.403. The zero-order chi connectivity index (χ0) is 28.4. The van der Waals surface area contributed by atoms with E-state index in [-0.39, 0.29) is 11.5 Å². The Bertz CT molecular complexity index is 1640. The van der Waals surface area contributed by atoms with Crippen molar-refractivity contribution in [3.05, 3.63) is 53.1 Å². The standard InChI is InChI=1S/C29H34N4O6S/c1-32(2)40(37,38)31-27(34)18-9-11-21-24(13-18)33-16-29(30-28(35)36)15-23(29)22-14-19(39-3)10-12-20(22)26(33)25(21)17-7-5-4-6-8-17/h9-14,17,23,30H,4-8,15-16H2,1-3H3,(H,31,34)(H,35,36)/t23-,29-/m1/s1. The fourth-order valence-corrected chi connectivity index (χ4v) is 7.31. The molecule has 40 heavy (non-hydrogen) atoms. The van der Waals surface area contributed by atoms with Crippen molar-refractivity contribution in [2.24, 2.45) is 0 Å². The van der Waals surface area contributed by atoms with E-state index in [1.807, 2.05) is 18.2 Å². The zero-order valence-corrected chi connectivity index (χ0v) is 23.7. The molecule has 2 aromatic carbocycles. The molecule has 2 atom stereocenters. The fourth-order valence-electron chi connectivity index (χ4n) is 6.78. The zero-order valence-electron chi connectivity index (χ0n) is 22.9. The summed E-state index contributed by atoms with van der Waals surface area (Å²) in [6, 6.07) is 11.4. The lowest BCUT2D eigenvalue weighted by Gasteiger charge is -2.24. The van der Waals surface area contributed by atoms with Gasteiger partial charge in [-0.25, -0.2) is 9.52 Å². The molecular formula is C29H34N4O6S. The molecule has 1 aliphatic heterocycles. The molecule has 0 radical (unpaired) electrons. The van der Waals surface area contributed by atoms with Crippen LogP contribution >= 0.6 is 0 Å². The van der Waals surface area contributed by atoms with Crippen LogP contribution in [0.15, 0.2) is 36.4 Å². The van der Waals surface area contributed by atoms with E-state index in [4.69, 9.17) is 4.74 Å². The number of fused-ring (bicyclic) bond motifs is 7. The number of benzene rings is 2. The van der Waals surface area contributed by atoms with Crippen LogP contribution in [0.25, 0.3) is 22.2 Å². The molecule has 212 valence electrons. The SMILES string of the molecule is COc1ccc2c(c1)[C@H]1C[C@@]1(NC(=O)O)Cn1c-2c(C2CCCCC2)c2ccc(C(=O)NS(=O)(=O)N(C)C)cc21. The monoisotopic (exact) mass is 566 g/mol. The normalized spacial score (nSPS) is 22.1. The maximum atomic E-state index is 13.1. The molecule has 2 saturated carbocycles. The summed E-state index contributed by atoms with van der Waals surface area (Å²) in [5.74, 6) is 0.320. The second-order valence-electron chi connectivity index (χ2n) is 11.4. The topological polar surface area (TPSA) is 130 Å². The van der Waals surface area contributed by atoms with Crippen LogP contribution in [0, 0.1) is 0 Å². The molecule has 10 nitrogen and oxygen atoms in total. The van der Waals surface area contributed by atoms with E-state index in [1.165, 1.54) is 26.1 Å². The number of carbonyl (C=O) groups is 2. The van der Waals surface area contributed by atoms with Crippen molar-refractivity contribution in [3.63, 3.8) is 0 Å². The smallest absolute Gasteiger partial charge is 0.405 e. The van der Waals surface area contributed by atoms with Gasteiger partial charge in [0.1, 0.15) is 5.75 Å². The second kappa shape index (κ2) is 9.52. The average Bonchev–Trinajstić information content (AvgIpc) is 3.54. The number of carbonyl (C=O) groups excluding carboxylic acids is 1. The highest BCUT2D eigenvalue weighted by molar-refractivity contribution is 7.87. The van der Waals surface area contributed by atoms with Gasteiger partial charge in [-0.15, -0.1) is 0 Å². The first kappa shape index (κ1) is 26.6. The molecule has 3 aromatic rings. The molecule has 2 aliphatic carbocycles. The van der Waals surface area contributed by atoms with Crippen LogP contribution in [0.3, 0.4) is 0 Å². The van der Waals surface area contributed by atoms with Crippen molar-refractivity contribution in [1.29, 1.82) is 0 Å². The second-order valence-corrected chi connectivity index (χ2v) is 13.3. The van der Waals surface area contributed by atoms with E-state index in [9.17, 15) is 23.1 Å². The number of hydrogen-bond acceptors (Lipinski definition) is 5. The Morgan fingerprint density at radius 3 is 2.52 bits per heavy atom. The van der Waals surface area contributed by atoms with Gasteiger partial charge in [-0.05, 0) is 66.6 Å². The first-order valence-corrected chi connectivity index (χ1v) is 15.1. The van der Waals surface area contributed by atoms with Crippen LogP contribution in [0.5, 0.6) is 5.75 Å². The predicted octanol–water partition coefficient (Wildman–Crippen LogP) is 4.41. The van der Waals surface area contributed by atoms with Crippen molar-refractivity contribution in [3.8, 4) is 17.0 Å². The number of amides is 2. The molecule has 3 aliphatic rings. The Morgan fingerprint density at radius 2 is 1.85 bits per heavy atom. The Balaban J connectivity index is 1.59. The molecule has 0 saturated heterocycles. The first-order chi connectivity index (χ1) is 19.0. The fraction of sp³-hybridized carbons (Fsp3) is 0.448. The third-order valence-corrected chi connectivity index (χ3v) is 10.2. The number of nitrogens with one attached hydrogen (secondary N) is 2. The number of methoxy groups -OCH3 is 1. The maximum Gasteiger partial charge on any atom is 0.405 e. The minimum Gasteiger partial charge on any atom is -0.497 e. The highest BCUT2D eigenvalue weighted by Gasteiger charge is 2.59. The van der Waals surface area contributed by atoms with Gasteiger partial charge in [0.05, 0.1) is 18.3 Å². The van der Waals surface area contributed by atoms with E-state index in [0.29, 0.717) is 18.9 Å². The summed E-state index contributed by atoms with van der Waals surface area (Å²) in [7, 11) is 0.374. The minimum atomic E-state index is -3.97. The summed E-state index contributed by atoms with van der Waals surface area (Å²) in [5, 5.41) is 13.6. The van der Waals surface area contributed by atoms with E-state index >= 15 is 0 Å². The van der Waals surface area contributed by atoms with Gasteiger partial charge < -0.3 is 19.7 Å². The molecule has 2 amide bonds. The summed E-state index contributed by atoms with van der Waals surface area (Å²) >= 11 is 0. The van der Waals surface area contributed by atoms with Gasteiger partial charge in [0.2, 0.25) is 0 Å². The van der Waals surface area contributed by atoms with Crippen molar-refractivity contribution in [1.82, 2.24) is 18.9 Å². The van der Waals surface area contributed by atoms with Crippen molar-refractivity contribution >= 4 is 33.1 Å². The van der Waals surface area contributed by atoms with Gasteiger partial charge in [0.25, 0.3) is 5.91 Å². The lowest BCUT2D eigenvalue weighted by atomic mass is 9.81. The van der Waals surface area contributed by atoms with Crippen LogP contribution in [0.2, 0.25) is 0 Å². The number of ether oxygens (including phenoxy) is 1. The van der Waals surface area contributed by atoms with Gasteiger partial charge in [-0.2, -0.15) is 12.7 Å². The molecule has 0 spiro atoms. The first-order valence-electron chi connectivity index (χ1n) is 13.6. The quantitative estimate of drug-likeness (QED) is 0.405. The average molecular weight is 567 g/mol. The highest BCUT2D eigenvalue weighted by Crippen LogP contribution is 2.59. The molecular weight excluding hydrogens is 532 g/mol. The van der Waals surface area contributed by atoms with Crippen LogP contribution in [0.1, 0.15) is 71.8 Å². The van der Waals surface area contributed by atoms with Crippen molar-refractivity contribution in [2.45, 2.75) is 62.4 Å². The lowest BCUT2D eigenvalue weighted by molar-refractivity contribution is 0.0979. The largest absolute Gasteiger partial charge is 0.497 e. The van der Waals surface area contributed by atoms with E-state index in [1.54, 1.807) is 19.2 Å². The molecule has 2 fully saturated rings. The number of aromatic nitrogens is 1. The summed E-state index contributed by atoms with van der Waals surface area (Å²) < 4.78 is 35.5. The predicted molar refractivity (Wildman–Crippen MR) is 151 cm³/mol. The van der Waals surface area contributed by atoms with Gasteiger partial charge in [0.15, 0.2) is 0 Å². The lowest BCUT2D eigenvalue weighted by Crippen LogP contribution is -2.40.